The minimum atomic E-state index is -3.56. The Kier molecular flexibility index (Phi) is 6.09. The molecular formula is C23H28N8O3S2. The van der Waals surface area contributed by atoms with Gasteiger partial charge in [-0.25, -0.2) is 9.97 Å². The number of piperidine rings is 2. The van der Waals surface area contributed by atoms with Crippen molar-refractivity contribution in [2.75, 3.05) is 23.7 Å². The molecule has 6 rings (SSSR count). The Morgan fingerprint density at radius 1 is 1.28 bits per heavy atom. The fourth-order valence-corrected chi connectivity index (χ4v) is 8.47. The van der Waals surface area contributed by atoms with Gasteiger partial charge in [0.1, 0.15) is 11.6 Å². The molecule has 11 nitrogen and oxygen atoms in total. The number of H-pyrrole nitrogens is 1. The summed E-state index contributed by atoms with van der Waals surface area (Å²) in [5, 5.41) is 26.9. The summed E-state index contributed by atoms with van der Waals surface area (Å²) in [6.07, 6.45) is 7.65. The number of fused-ring (bicyclic) bond motifs is 3. The number of hydrogen-bond donors (Lipinski definition) is 4. The Morgan fingerprint density at radius 3 is 2.75 bits per heavy atom. The van der Waals surface area contributed by atoms with E-state index in [1.165, 1.54) is 15.6 Å². The first-order valence-corrected chi connectivity index (χ1v) is 14.4. The van der Waals surface area contributed by atoms with Crippen LogP contribution in [-0.2, 0) is 16.8 Å². The number of nitriles is 1. The van der Waals surface area contributed by atoms with Crippen molar-refractivity contribution < 1.29 is 13.5 Å². The number of pyridine rings is 1. The molecule has 0 aliphatic carbocycles. The number of aromatic amines is 1. The monoisotopic (exact) mass is 528 g/mol. The van der Waals surface area contributed by atoms with Gasteiger partial charge in [0.15, 0.2) is 5.13 Å². The van der Waals surface area contributed by atoms with E-state index in [1.807, 2.05) is 18.3 Å². The molecule has 0 amide bonds. The van der Waals surface area contributed by atoms with E-state index in [9.17, 15) is 13.5 Å². The van der Waals surface area contributed by atoms with Crippen molar-refractivity contribution in [1.29, 1.82) is 5.26 Å². The first kappa shape index (κ1) is 23.6. The van der Waals surface area contributed by atoms with Crippen LogP contribution in [0.25, 0.3) is 10.9 Å². The fraction of sp³-hybridized carbons (Fsp3) is 0.522. The van der Waals surface area contributed by atoms with E-state index in [4.69, 9.17) is 10.2 Å². The molecule has 36 heavy (non-hydrogen) atoms. The third-order valence-electron chi connectivity index (χ3n) is 7.36. The first-order valence-electron chi connectivity index (χ1n) is 12.2. The molecule has 0 saturated carbocycles. The zero-order valence-corrected chi connectivity index (χ0v) is 21.2. The van der Waals surface area contributed by atoms with Crippen LogP contribution in [0.2, 0.25) is 0 Å². The van der Waals surface area contributed by atoms with Crippen LogP contribution in [0.4, 0.5) is 16.8 Å². The largest absolute Gasteiger partial charge is 0.391 e. The summed E-state index contributed by atoms with van der Waals surface area (Å²) in [5.74, 6) is 1.18. The number of hydrogen-bond acceptors (Lipinski definition) is 9. The number of aliphatic hydroxyl groups excluding tert-OH is 1. The maximum Gasteiger partial charge on any atom is 0.282 e. The minimum absolute atomic E-state index is 0.0529. The van der Waals surface area contributed by atoms with Gasteiger partial charge in [0, 0.05) is 55.1 Å². The van der Waals surface area contributed by atoms with Crippen LogP contribution < -0.4 is 10.6 Å². The van der Waals surface area contributed by atoms with Crippen LogP contribution in [0.3, 0.4) is 0 Å². The lowest BCUT2D eigenvalue weighted by Crippen LogP contribution is -2.63. The van der Waals surface area contributed by atoms with Gasteiger partial charge in [0.25, 0.3) is 10.2 Å². The van der Waals surface area contributed by atoms with Crippen molar-refractivity contribution >= 4 is 49.2 Å². The van der Waals surface area contributed by atoms with Gasteiger partial charge in [-0.3, -0.25) is 0 Å². The molecule has 0 spiro atoms. The van der Waals surface area contributed by atoms with Crippen LogP contribution in [0.5, 0.6) is 0 Å². The average Bonchev–Trinajstić information content (AvgIpc) is 3.47. The molecule has 13 heteroatoms. The number of anilines is 3. The van der Waals surface area contributed by atoms with Crippen LogP contribution in [0.1, 0.15) is 37.0 Å². The van der Waals surface area contributed by atoms with E-state index in [2.05, 4.69) is 26.7 Å². The van der Waals surface area contributed by atoms with Gasteiger partial charge in [-0.15, -0.1) is 0 Å². The standard InChI is InChI=1S/C23H28N8O3S2/c24-9-14-11-30(12-14)36(33,34)31-16-2-1-3-17(31)7-15(6-16)27-22-19-4-5-25-20(19)8-21(28-22)29-23-26-10-18(13-32)35-23/h4-5,8,10,14-17,25,32H,1-3,6-7,11-13H2,(H2,26,27,28,29)/t15?,16-,17+. The highest BCUT2D eigenvalue weighted by Crippen LogP contribution is 2.40. The summed E-state index contributed by atoms with van der Waals surface area (Å²) in [5.41, 5.74) is 0.930. The lowest BCUT2D eigenvalue weighted by molar-refractivity contribution is 0.0984. The van der Waals surface area contributed by atoms with Crippen LogP contribution in [-0.4, -0.2) is 68.3 Å². The van der Waals surface area contributed by atoms with Crippen LogP contribution in [0.15, 0.2) is 24.5 Å². The molecule has 3 aliphatic heterocycles. The highest BCUT2D eigenvalue weighted by molar-refractivity contribution is 7.86. The maximum atomic E-state index is 13.4. The molecule has 2 bridgehead atoms. The zero-order valence-electron chi connectivity index (χ0n) is 19.6. The molecule has 190 valence electrons. The third kappa shape index (κ3) is 4.22. The topological polar surface area (TPSA) is 150 Å². The quantitative estimate of drug-likeness (QED) is 0.366. The van der Waals surface area contributed by atoms with Gasteiger partial charge >= 0.3 is 0 Å². The predicted octanol–water partition coefficient (Wildman–Crippen LogP) is 2.75. The lowest BCUT2D eigenvalue weighted by Gasteiger charge is -2.50. The second-order valence-electron chi connectivity index (χ2n) is 9.74. The van der Waals surface area contributed by atoms with E-state index in [0.29, 0.717) is 36.9 Å². The van der Waals surface area contributed by atoms with E-state index in [-0.39, 0.29) is 30.7 Å². The molecule has 3 aliphatic rings. The van der Waals surface area contributed by atoms with E-state index in [1.54, 1.807) is 10.5 Å². The van der Waals surface area contributed by atoms with Crippen LogP contribution in [0, 0.1) is 17.2 Å². The first-order chi connectivity index (χ1) is 17.4. The Hall–Kier alpha value is -2.76. The predicted molar refractivity (Wildman–Crippen MR) is 137 cm³/mol. The normalized spacial score (nSPS) is 25.4. The molecule has 3 atom stereocenters. The van der Waals surface area contributed by atoms with Crippen molar-refractivity contribution in [2.45, 2.75) is 56.8 Å². The molecule has 4 N–H and O–H groups in total. The molecule has 6 heterocycles. The van der Waals surface area contributed by atoms with Crippen molar-refractivity contribution in [3.05, 3.63) is 29.4 Å². The zero-order chi connectivity index (χ0) is 24.9. The third-order valence-corrected chi connectivity index (χ3v) is 10.3. The van der Waals surface area contributed by atoms with E-state index < -0.39 is 10.2 Å². The van der Waals surface area contributed by atoms with Crippen molar-refractivity contribution in [3.63, 3.8) is 0 Å². The number of nitrogens with zero attached hydrogens (tertiary/aromatic N) is 5. The lowest BCUT2D eigenvalue weighted by atomic mass is 9.84. The fourth-order valence-electron chi connectivity index (χ4n) is 5.65. The van der Waals surface area contributed by atoms with Crippen molar-refractivity contribution in [1.82, 2.24) is 23.6 Å². The summed E-state index contributed by atoms with van der Waals surface area (Å²) in [6.45, 7) is 0.539. The number of nitrogens with one attached hydrogen (secondary N) is 3. The minimum Gasteiger partial charge on any atom is -0.391 e. The number of thiazole rings is 1. The summed E-state index contributed by atoms with van der Waals surface area (Å²) < 4.78 is 29.9. The number of aliphatic hydroxyl groups is 1. The highest BCUT2D eigenvalue weighted by atomic mass is 32.2. The second kappa shape index (κ2) is 9.28. The summed E-state index contributed by atoms with van der Waals surface area (Å²) in [7, 11) is -3.56. The van der Waals surface area contributed by atoms with Crippen molar-refractivity contribution in [2.24, 2.45) is 5.92 Å². The van der Waals surface area contributed by atoms with Gasteiger partial charge < -0.3 is 20.7 Å². The molecule has 1 unspecified atom stereocenters. The summed E-state index contributed by atoms with van der Waals surface area (Å²) >= 11 is 1.37. The Balaban J connectivity index is 1.21. The van der Waals surface area contributed by atoms with Crippen LogP contribution >= 0.6 is 11.3 Å². The van der Waals surface area contributed by atoms with E-state index >= 15 is 0 Å². The molecule has 3 aromatic heterocycles. The second-order valence-corrected chi connectivity index (χ2v) is 12.7. The van der Waals surface area contributed by atoms with Gasteiger partial charge in [0.2, 0.25) is 0 Å². The molecule has 0 radical (unpaired) electrons. The molecule has 0 aromatic carbocycles. The molecule has 3 fully saturated rings. The number of rotatable bonds is 7. The van der Waals surface area contributed by atoms with Gasteiger partial charge in [-0.1, -0.05) is 17.8 Å². The van der Waals surface area contributed by atoms with Gasteiger partial charge in [0.05, 0.1) is 29.0 Å². The van der Waals surface area contributed by atoms with Gasteiger partial charge in [-0.2, -0.15) is 22.3 Å². The van der Waals surface area contributed by atoms with Crippen molar-refractivity contribution in [3.8, 4) is 6.07 Å². The smallest absolute Gasteiger partial charge is 0.282 e. The Morgan fingerprint density at radius 2 is 2.06 bits per heavy atom. The van der Waals surface area contributed by atoms with E-state index in [0.717, 1.165) is 40.9 Å². The Labute approximate surface area is 213 Å². The molecule has 3 aromatic rings. The Bertz CT molecular complexity index is 1390. The SMILES string of the molecule is N#CC1CN(S(=O)(=O)N2[C@@H]3CCC[C@H]2CC(Nc2nc(Nc4ncc(CO)s4)cc4[nH]ccc24)C3)C1. The molecular weight excluding hydrogens is 500 g/mol. The van der Waals surface area contributed by atoms with Gasteiger partial charge in [-0.05, 0) is 31.7 Å². The highest BCUT2D eigenvalue weighted by Gasteiger charge is 2.49. The summed E-state index contributed by atoms with van der Waals surface area (Å²) in [4.78, 5) is 13.1. The maximum absolute atomic E-state index is 13.4. The average molecular weight is 529 g/mol. The number of aromatic nitrogens is 3. The molecule has 3 saturated heterocycles. The summed E-state index contributed by atoms with van der Waals surface area (Å²) in [6, 6.07) is 6.05.